The average molecular weight is 374 g/mol. The molecule has 1 amide bonds. The van der Waals surface area contributed by atoms with Gasteiger partial charge in [0.1, 0.15) is 17.1 Å². The zero-order valence-electron chi connectivity index (χ0n) is 14.6. The first kappa shape index (κ1) is 19.8. The fourth-order valence-electron chi connectivity index (χ4n) is 2.26. The Kier molecular flexibility index (Phi) is 6.37. The highest BCUT2D eigenvalue weighted by molar-refractivity contribution is 5.99. The monoisotopic (exact) mass is 374 g/mol. The minimum absolute atomic E-state index is 0.0263. The number of halogens is 1. The normalized spacial score (nSPS) is 10.7. The molecule has 8 heteroatoms. The number of hydrogen-bond acceptors (Lipinski definition) is 5. The maximum Gasteiger partial charge on any atom is 0.286 e. The van der Waals surface area contributed by atoms with Crippen LogP contribution >= 0.6 is 0 Å². The van der Waals surface area contributed by atoms with Crippen LogP contribution in [-0.2, 0) is 11.3 Å². The lowest BCUT2D eigenvalue weighted by atomic mass is 10.1. The van der Waals surface area contributed by atoms with Crippen molar-refractivity contribution in [2.75, 3.05) is 6.61 Å². The van der Waals surface area contributed by atoms with Gasteiger partial charge in [-0.1, -0.05) is 24.8 Å². The number of nitrogens with one attached hydrogen (secondary N) is 1. The summed E-state index contributed by atoms with van der Waals surface area (Å²) < 4.78 is 18.1. The highest BCUT2D eigenvalue weighted by atomic mass is 19.1. The third-order valence-corrected chi connectivity index (χ3v) is 3.57. The first-order chi connectivity index (χ1) is 12.8. The molecule has 0 radical (unpaired) electrons. The molecule has 0 aliphatic heterocycles. The van der Waals surface area contributed by atoms with Crippen LogP contribution in [0.25, 0.3) is 6.08 Å². The minimum Gasteiger partial charge on any atom is -0.495 e. The Hall–Kier alpha value is -3.55. The number of aromatic hydroxyl groups is 1. The van der Waals surface area contributed by atoms with Crippen LogP contribution in [0, 0.1) is 5.82 Å². The molecule has 0 saturated carbocycles. The molecule has 0 spiro atoms. The van der Waals surface area contributed by atoms with Crippen LogP contribution in [0.2, 0.25) is 0 Å². The predicted molar refractivity (Wildman–Crippen MR) is 96.9 cm³/mol. The van der Waals surface area contributed by atoms with Crippen LogP contribution in [0.1, 0.15) is 28.4 Å². The number of aromatic nitrogens is 1. The molecule has 0 bridgehead atoms. The van der Waals surface area contributed by atoms with Crippen molar-refractivity contribution >= 4 is 12.0 Å². The maximum absolute atomic E-state index is 12.9. The van der Waals surface area contributed by atoms with Gasteiger partial charge in [-0.25, -0.2) is 4.39 Å². The topological polar surface area (TPSA) is 101 Å². The number of ether oxygens (including phenoxy) is 1. The fraction of sp³-hybridized carbons (Fsp3) is 0.158. The van der Waals surface area contributed by atoms with Gasteiger partial charge in [0.2, 0.25) is 5.88 Å². The van der Waals surface area contributed by atoms with Crippen molar-refractivity contribution in [1.82, 2.24) is 10.0 Å². The van der Waals surface area contributed by atoms with E-state index in [4.69, 9.17) is 4.74 Å². The van der Waals surface area contributed by atoms with Crippen LogP contribution < -0.4 is 10.9 Å². The molecule has 0 fully saturated rings. The van der Waals surface area contributed by atoms with E-state index < -0.39 is 23.2 Å². The summed E-state index contributed by atoms with van der Waals surface area (Å²) in [6, 6.07) is 6.48. The van der Waals surface area contributed by atoms with Crippen LogP contribution in [0.5, 0.6) is 5.88 Å². The van der Waals surface area contributed by atoms with E-state index >= 15 is 0 Å². The number of benzene rings is 1. The summed E-state index contributed by atoms with van der Waals surface area (Å²) in [4.78, 5) is 24.2. The van der Waals surface area contributed by atoms with Crippen molar-refractivity contribution in [2.24, 2.45) is 0 Å². The van der Waals surface area contributed by atoms with E-state index in [9.17, 15) is 24.3 Å². The Morgan fingerprint density at radius 1 is 1.37 bits per heavy atom. The molecule has 1 aromatic carbocycles. The molecule has 27 heavy (non-hydrogen) atoms. The van der Waals surface area contributed by atoms with Crippen LogP contribution in [0.4, 0.5) is 4.39 Å². The Balaban J connectivity index is 2.31. The molecule has 0 aliphatic carbocycles. The summed E-state index contributed by atoms with van der Waals surface area (Å²) in [6.45, 7) is 5.85. The summed E-state index contributed by atoms with van der Waals surface area (Å²) >= 11 is 0. The molecule has 7 nitrogen and oxygen atoms in total. The van der Waals surface area contributed by atoms with Gasteiger partial charge in [0.05, 0.1) is 6.61 Å². The molecule has 142 valence electrons. The minimum atomic E-state index is -0.913. The van der Waals surface area contributed by atoms with E-state index in [-0.39, 0.29) is 22.4 Å². The molecule has 1 aromatic heterocycles. The van der Waals surface area contributed by atoms with Crippen LogP contribution in [0.3, 0.4) is 0 Å². The van der Waals surface area contributed by atoms with Crippen molar-refractivity contribution in [3.8, 4) is 5.88 Å². The van der Waals surface area contributed by atoms with Gasteiger partial charge < -0.3 is 20.4 Å². The number of pyridine rings is 1. The van der Waals surface area contributed by atoms with Gasteiger partial charge in [0.25, 0.3) is 11.5 Å². The quantitative estimate of drug-likeness (QED) is 0.393. The second-order valence-electron chi connectivity index (χ2n) is 5.49. The number of carbonyl (C=O) groups is 1. The molecular weight excluding hydrogens is 355 g/mol. The lowest BCUT2D eigenvalue weighted by Gasteiger charge is -2.11. The van der Waals surface area contributed by atoms with Gasteiger partial charge in [-0.05, 0) is 36.3 Å². The standard InChI is InChI=1S/C19H19FN2O5/c1-3-27-12(2)4-7-14-10-16(23)22(26)19(25)17(14)18(24)21-11-13-5-8-15(20)9-6-13/h4-10,25-26H,2-3,11H2,1H3,(H,21,24)/b7-4-. The Morgan fingerprint density at radius 2 is 2.04 bits per heavy atom. The number of amides is 1. The molecule has 2 rings (SSSR count). The maximum atomic E-state index is 12.9. The number of allylic oxidation sites excluding steroid dienone is 1. The lowest BCUT2D eigenvalue weighted by Crippen LogP contribution is -2.27. The van der Waals surface area contributed by atoms with Gasteiger partial charge >= 0.3 is 0 Å². The molecule has 2 aromatic rings. The largest absolute Gasteiger partial charge is 0.495 e. The van der Waals surface area contributed by atoms with E-state index in [0.29, 0.717) is 17.9 Å². The highest BCUT2D eigenvalue weighted by Crippen LogP contribution is 2.20. The van der Waals surface area contributed by atoms with Gasteiger partial charge in [-0.3, -0.25) is 9.59 Å². The van der Waals surface area contributed by atoms with Gasteiger partial charge in [0.15, 0.2) is 0 Å². The summed E-state index contributed by atoms with van der Waals surface area (Å²) in [5.74, 6) is -1.75. The van der Waals surface area contributed by atoms with Gasteiger partial charge in [-0.2, -0.15) is 0 Å². The third kappa shape index (κ3) is 4.97. The van der Waals surface area contributed by atoms with E-state index in [2.05, 4.69) is 11.9 Å². The summed E-state index contributed by atoms with van der Waals surface area (Å²) in [7, 11) is 0. The second-order valence-corrected chi connectivity index (χ2v) is 5.49. The fourth-order valence-corrected chi connectivity index (χ4v) is 2.26. The van der Waals surface area contributed by atoms with Gasteiger partial charge in [0, 0.05) is 12.6 Å². The first-order valence-electron chi connectivity index (χ1n) is 8.04. The molecular formula is C19H19FN2O5. The average Bonchev–Trinajstić information content (AvgIpc) is 2.64. The summed E-state index contributed by atoms with van der Waals surface area (Å²) in [5, 5.41) is 22.2. The van der Waals surface area contributed by atoms with Gasteiger partial charge in [-0.15, -0.1) is 4.73 Å². The number of nitrogens with zero attached hydrogens (tertiary/aromatic N) is 1. The SMILES string of the molecule is C=C(/C=C\c1cc(=O)n(O)c(O)c1C(=O)NCc1ccc(F)cc1)OCC. The lowest BCUT2D eigenvalue weighted by molar-refractivity contribution is 0.0931. The zero-order valence-corrected chi connectivity index (χ0v) is 14.6. The zero-order chi connectivity index (χ0) is 20.0. The van der Waals surface area contributed by atoms with E-state index in [1.165, 1.54) is 36.4 Å². The molecule has 0 aliphatic rings. The number of hydrogen-bond donors (Lipinski definition) is 3. The molecule has 0 unspecified atom stereocenters. The molecule has 0 atom stereocenters. The van der Waals surface area contributed by atoms with Crippen molar-refractivity contribution in [2.45, 2.75) is 13.5 Å². The van der Waals surface area contributed by atoms with E-state index in [1.54, 1.807) is 6.92 Å². The third-order valence-electron chi connectivity index (χ3n) is 3.57. The van der Waals surface area contributed by atoms with Crippen molar-refractivity contribution in [1.29, 1.82) is 0 Å². The number of carbonyl (C=O) groups excluding carboxylic acids is 1. The van der Waals surface area contributed by atoms with Crippen LogP contribution in [0.15, 0.2) is 53.5 Å². The van der Waals surface area contributed by atoms with Crippen molar-refractivity contribution in [3.63, 3.8) is 0 Å². The Labute approximate surface area is 154 Å². The van der Waals surface area contributed by atoms with Crippen LogP contribution in [-0.4, -0.2) is 27.6 Å². The summed E-state index contributed by atoms with van der Waals surface area (Å²) in [5.41, 5.74) is -0.521. The van der Waals surface area contributed by atoms with E-state index in [1.807, 2.05) is 0 Å². The summed E-state index contributed by atoms with van der Waals surface area (Å²) in [6.07, 6.45) is 2.79. The predicted octanol–water partition coefficient (Wildman–Crippen LogP) is 2.42. The molecule has 3 N–H and O–H groups in total. The van der Waals surface area contributed by atoms with E-state index in [0.717, 1.165) is 6.07 Å². The Bertz CT molecular complexity index is 932. The number of rotatable bonds is 7. The Morgan fingerprint density at radius 3 is 2.67 bits per heavy atom. The second kappa shape index (κ2) is 8.70. The highest BCUT2D eigenvalue weighted by Gasteiger charge is 2.20. The molecule has 1 heterocycles. The first-order valence-corrected chi connectivity index (χ1v) is 8.04. The molecule has 0 saturated heterocycles. The van der Waals surface area contributed by atoms with Crippen molar-refractivity contribution in [3.05, 3.63) is 81.6 Å². The smallest absolute Gasteiger partial charge is 0.286 e. The van der Waals surface area contributed by atoms with Crippen molar-refractivity contribution < 1.29 is 24.2 Å².